The first-order chi connectivity index (χ1) is 30.5. The average Bonchev–Trinajstić information content (AvgIpc) is 4.10. The fourth-order valence-electron chi connectivity index (χ4n) is 15.2. The number of para-hydroxylation sites is 2. The predicted octanol–water partition coefficient (Wildman–Crippen LogP) is 15.6. The van der Waals surface area contributed by atoms with Crippen LogP contribution in [-0.2, 0) is 21.7 Å². The van der Waals surface area contributed by atoms with Crippen molar-refractivity contribution in [3.8, 4) is 6.07 Å². The van der Waals surface area contributed by atoms with Gasteiger partial charge in [-0.15, -0.1) is 0 Å². The van der Waals surface area contributed by atoms with E-state index in [2.05, 4.69) is 157 Å². The van der Waals surface area contributed by atoms with Crippen LogP contribution in [0, 0.1) is 25.2 Å². The van der Waals surface area contributed by atoms with Crippen LogP contribution in [0.1, 0.15) is 107 Å². The van der Waals surface area contributed by atoms with Gasteiger partial charge in [0.1, 0.15) is 22.3 Å². The van der Waals surface area contributed by atoms with Crippen LogP contribution in [0.5, 0.6) is 0 Å². The molecule has 0 radical (unpaired) electrons. The molecule has 7 aromatic heterocycles. The quantitative estimate of drug-likeness (QED) is 0.153. The van der Waals surface area contributed by atoms with Crippen molar-refractivity contribution >= 4 is 120 Å². The zero-order valence-corrected chi connectivity index (χ0v) is 37.9. The minimum atomic E-state index is -0.161. The molecule has 6 heteroatoms. The number of hydrogen-bond donors (Lipinski definition) is 0. The van der Waals surface area contributed by atoms with Crippen LogP contribution in [0.25, 0.3) is 120 Å². The molecule has 0 atom stereocenters. The summed E-state index contributed by atoms with van der Waals surface area (Å²) in [6, 6.07) is 26.6. The van der Waals surface area contributed by atoms with Crippen molar-refractivity contribution < 1.29 is 8.83 Å². The van der Waals surface area contributed by atoms with Gasteiger partial charge in [0.2, 0.25) is 0 Å². The number of pyridine rings is 1. The van der Waals surface area contributed by atoms with Gasteiger partial charge in [-0.1, -0.05) is 91.8 Å². The second-order valence-corrected chi connectivity index (χ2v) is 22.4. The summed E-state index contributed by atoms with van der Waals surface area (Å²) in [5, 5.41) is 25.6. The molecule has 0 N–H and O–H groups in total. The van der Waals surface area contributed by atoms with Gasteiger partial charge in [0.15, 0.2) is 0 Å². The molecule has 0 aliphatic heterocycles. The molecule has 0 spiro atoms. The van der Waals surface area contributed by atoms with Crippen molar-refractivity contribution in [1.82, 2.24) is 13.8 Å². The molecule has 13 aromatic rings. The molecule has 64 heavy (non-hydrogen) atoms. The maximum Gasteiger partial charge on any atom is 0.136 e. The standard InChI is InChI=1S/C58H46N4O2/c1-26-40-32-21-38-42(30-16-12-14-18-36(30)64-38)46-44-34(23-60-54-49(44)57(7,8)25-58(54,9)10)62(53(32)46)51(40)27(2)39-31-20-37-41(29-15-11-13-17-35(29)63-37)45-43-33(61(50(26)39)52(31)45)19-28(22-59)47-48(43)56(5,6)24-55(47,3)4/h11-21,23H,24-25H2,1-10H3. The monoisotopic (exact) mass is 830 g/mol. The number of hydrogen-bond acceptors (Lipinski definition) is 4. The summed E-state index contributed by atoms with van der Waals surface area (Å²) in [5.41, 5.74) is 18.6. The maximum absolute atomic E-state index is 11.0. The number of nitriles is 1. The Balaban J connectivity index is 1.25. The molecule has 7 heterocycles. The third-order valence-electron chi connectivity index (χ3n) is 16.6. The zero-order valence-electron chi connectivity index (χ0n) is 37.9. The molecule has 0 saturated carbocycles. The summed E-state index contributed by atoms with van der Waals surface area (Å²) in [4.78, 5) is 5.41. The summed E-state index contributed by atoms with van der Waals surface area (Å²) in [7, 11) is 0. The topological polar surface area (TPSA) is 71.8 Å². The first-order valence-corrected chi connectivity index (χ1v) is 23.0. The molecule has 0 amide bonds. The van der Waals surface area contributed by atoms with Crippen molar-refractivity contribution in [1.29, 1.82) is 5.26 Å². The van der Waals surface area contributed by atoms with Gasteiger partial charge in [0, 0.05) is 70.0 Å². The summed E-state index contributed by atoms with van der Waals surface area (Å²) in [6.07, 6.45) is 4.17. The van der Waals surface area contributed by atoms with Gasteiger partial charge in [0.05, 0.1) is 56.6 Å². The first-order valence-electron chi connectivity index (χ1n) is 23.0. The number of aromatic nitrogens is 3. The molecule has 15 rings (SSSR count). The normalized spacial score (nSPS) is 17.9. The summed E-state index contributed by atoms with van der Waals surface area (Å²) in [6.45, 7) is 23.6. The van der Waals surface area contributed by atoms with Crippen LogP contribution < -0.4 is 0 Å². The lowest BCUT2D eigenvalue weighted by Gasteiger charge is -2.23. The lowest BCUT2D eigenvalue weighted by atomic mass is 9.81. The Kier molecular flexibility index (Phi) is 5.79. The van der Waals surface area contributed by atoms with Gasteiger partial charge in [-0.05, 0) is 101 Å². The largest absolute Gasteiger partial charge is 0.456 e. The van der Waals surface area contributed by atoms with Crippen molar-refractivity contribution in [2.45, 2.75) is 104 Å². The predicted molar refractivity (Wildman–Crippen MR) is 264 cm³/mol. The molecule has 6 aromatic carbocycles. The maximum atomic E-state index is 11.0. The Morgan fingerprint density at radius 2 is 0.984 bits per heavy atom. The molecular formula is C58H46N4O2. The number of rotatable bonds is 0. The van der Waals surface area contributed by atoms with Gasteiger partial charge in [-0.3, -0.25) is 4.98 Å². The third-order valence-corrected chi connectivity index (χ3v) is 16.6. The highest BCUT2D eigenvalue weighted by molar-refractivity contribution is 6.40. The highest BCUT2D eigenvalue weighted by Crippen LogP contribution is 2.60. The molecule has 2 aliphatic rings. The van der Waals surface area contributed by atoms with E-state index in [1.54, 1.807) is 0 Å². The second-order valence-electron chi connectivity index (χ2n) is 22.4. The summed E-state index contributed by atoms with van der Waals surface area (Å²) >= 11 is 0. The highest BCUT2D eigenvalue weighted by atomic mass is 16.3. The van der Waals surface area contributed by atoms with E-state index in [0.717, 1.165) is 67.9 Å². The molecule has 0 unspecified atom stereocenters. The SMILES string of the molecule is Cc1c2c3cc4oc5ccccc5c4c4c5c6c(ncc5n(c2c(C)c2c5cc7oc8ccccc8c7c7c8c9c(c(C#N)cc8n(c12)c57)C(C)(C)CC9(C)C)c34)C(C)(C)CC6(C)C. The number of fused-ring (bicyclic) bond motifs is 24. The van der Waals surface area contributed by atoms with Gasteiger partial charge < -0.3 is 17.6 Å². The fourth-order valence-corrected chi connectivity index (χ4v) is 15.2. The fraction of sp³-hybridized carbons (Fsp3) is 0.276. The lowest BCUT2D eigenvalue weighted by molar-refractivity contribution is 0.400. The van der Waals surface area contributed by atoms with Crippen molar-refractivity contribution in [2.24, 2.45) is 0 Å². The molecule has 0 fully saturated rings. The van der Waals surface area contributed by atoms with Gasteiger partial charge in [0.25, 0.3) is 0 Å². The second kappa shape index (κ2) is 10.4. The van der Waals surface area contributed by atoms with E-state index in [1.807, 2.05) is 0 Å². The van der Waals surface area contributed by atoms with Crippen LogP contribution in [0.15, 0.2) is 81.8 Å². The van der Waals surface area contributed by atoms with Crippen LogP contribution in [-0.4, -0.2) is 13.8 Å². The number of benzene rings is 6. The summed E-state index contributed by atoms with van der Waals surface area (Å²) < 4.78 is 18.9. The minimum Gasteiger partial charge on any atom is -0.456 e. The van der Waals surface area contributed by atoms with E-state index in [1.165, 1.54) is 104 Å². The lowest BCUT2D eigenvalue weighted by Crippen LogP contribution is -2.18. The molecule has 6 nitrogen and oxygen atoms in total. The molecule has 2 aliphatic carbocycles. The third kappa shape index (κ3) is 3.66. The molecule has 0 bridgehead atoms. The molecule has 0 saturated heterocycles. The van der Waals surface area contributed by atoms with E-state index in [4.69, 9.17) is 13.8 Å². The van der Waals surface area contributed by atoms with Crippen LogP contribution in [0.4, 0.5) is 0 Å². The average molecular weight is 831 g/mol. The smallest absolute Gasteiger partial charge is 0.136 e. The van der Waals surface area contributed by atoms with Crippen molar-refractivity contribution in [3.05, 3.63) is 112 Å². The number of nitrogens with zero attached hydrogens (tertiary/aromatic N) is 4. The van der Waals surface area contributed by atoms with Crippen molar-refractivity contribution in [2.75, 3.05) is 0 Å². The summed E-state index contributed by atoms with van der Waals surface area (Å²) in [5.74, 6) is 0. The number of aryl methyl sites for hydroxylation is 2. The Morgan fingerprint density at radius 3 is 1.55 bits per heavy atom. The molecular weight excluding hydrogens is 785 g/mol. The Labute approximate surface area is 368 Å². The van der Waals surface area contributed by atoms with E-state index < -0.39 is 0 Å². The van der Waals surface area contributed by atoms with Gasteiger partial charge in [-0.25, -0.2) is 0 Å². The number of furan rings is 2. The molecule has 310 valence electrons. The van der Waals surface area contributed by atoms with Crippen LogP contribution in [0.2, 0.25) is 0 Å². The zero-order chi connectivity index (χ0) is 43.6. The van der Waals surface area contributed by atoms with Crippen LogP contribution in [0.3, 0.4) is 0 Å². The first kappa shape index (κ1) is 35.6. The van der Waals surface area contributed by atoms with E-state index in [0.29, 0.717) is 0 Å². The van der Waals surface area contributed by atoms with Crippen LogP contribution >= 0.6 is 0 Å². The van der Waals surface area contributed by atoms with E-state index in [9.17, 15) is 5.26 Å². The van der Waals surface area contributed by atoms with Gasteiger partial charge >= 0.3 is 0 Å². The van der Waals surface area contributed by atoms with Crippen molar-refractivity contribution in [3.63, 3.8) is 0 Å². The Hall–Kier alpha value is -6.84. The van der Waals surface area contributed by atoms with E-state index >= 15 is 0 Å². The highest BCUT2D eigenvalue weighted by Gasteiger charge is 2.48. The van der Waals surface area contributed by atoms with Gasteiger partial charge in [-0.2, -0.15) is 5.26 Å². The van der Waals surface area contributed by atoms with E-state index in [-0.39, 0.29) is 21.7 Å². The Bertz CT molecular complexity index is 4450. The minimum absolute atomic E-state index is 0.0561. The Morgan fingerprint density at radius 1 is 0.500 bits per heavy atom.